The predicted molar refractivity (Wildman–Crippen MR) is 112 cm³/mol. The van der Waals surface area contributed by atoms with Gasteiger partial charge >= 0.3 is 6.18 Å². The number of halogens is 5. The molecule has 1 aliphatic rings. The van der Waals surface area contributed by atoms with Crippen molar-refractivity contribution in [3.63, 3.8) is 0 Å². The molecule has 33 heavy (non-hydrogen) atoms. The van der Waals surface area contributed by atoms with E-state index in [-0.39, 0.29) is 18.0 Å². The Kier molecular flexibility index (Phi) is 6.99. The van der Waals surface area contributed by atoms with Gasteiger partial charge in [-0.2, -0.15) is 13.2 Å². The lowest BCUT2D eigenvalue weighted by molar-refractivity contribution is -0.144. The van der Waals surface area contributed by atoms with Crippen molar-refractivity contribution in [2.75, 3.05) is 23.5 Å². The number of anilines is 1. The molecule has 1 aromatic carbocycles. The number of pyridine rings is 1. The van der Waals surface area contributed by atoms with Gasteiger partial charge < -0.3 is 4.90 Å². The van der Waals surface area contributed by atoms with Gasteiger partial charge in [-0.15, -0.1) is 0 Å². The van der Waals surface area contributed by atoms with Gasteiger partial charge in [0.1, 0.15) is 22.4 Å². The highest BCUT2D eigenvalue weighted by molar-refractivity contribution is 7.90. The van der Waals surface area contributed by atoms with E-state index in [1.165, 1.54) is 12.1 Å². The Morgan fingerprint density at radius 3 is 2.36 bits per heavy atom. The maximum absolute atomic E-state index is 14.4. The fourth-order valence-electron chi connectivity index (χ4n) is 3.38. The van der Waals surface area contributed by atoms with Crippen LogP contribution in [0, 0.1) is 5.82 Å². The molecule has 3 rings (SSSR count). The van der Waals surface area contributed by atoms with Gasteiger partial charge in [-0.3, -0.25) is 14.5 Å². The quantitative estimate of drug-likeness (QED) is 0.561. The molecule has 1 fully saturated rings. The van der Waals surface area contributed by atoms with E-state index in [0.29, 0.717) is 5.56 Å². The first-order chi connectivity index (χ1) is 15.3. The molecule has 1 unspecified atom stereocenters. The Morgan fingerprint density at radius 1 is 1.18 bits per heavy atom. The fraction of sp³-hybridized carbons (Fsp3) is 0.350. The number of aromatic nitrogens is 1. The summed E-state index contributed by atoms with van der Waals surface area (Å²) in [5.41, 5.74) is -0.575. The zero-order chi connectivity index (χ0) is 24.6. The number of alkyl halides is 3. The minimum absolute atomic E-state index is 0.0235. The number of sulfone groups is 1. The van der Waals surface area contributed by atoms with Crippen molar-refractivity contribution in [3.05, 3.63) is 58.5 Å². The summed E-state index contributed by atoms with van der Waals surface area (Å²) in [6, 6.07) is 3.65. The summed E-state index contributed by atoms with van der Waals surface area (Å²) in [7, 11) is -3.52. The third-order valence-corrected chi connectivity index (χ3v) is 6.17. The summed E-state index contributed by atoms with van der Waals surface area (Å²) in [6.07, 6.45) is -2.77. The van der Waals surface area contributed by atoms with Crippen LogP contribution in [0.2, 0.25) is 5.02 Å². The van der Waals surface area contributed by atoms with Gasteiger partial charge in [0.15, 0.2) is 11.6 Å². The number of benzene rings is 1. The van der Waals surface area contributed by atoms with Crippen LogP contribution in [0.3, 0.4) is 0 Å². The average molecular weight is 508 g/mol. The van der Waals surface area contributed by atoms with E-state index in [1.807, 2.05) is 0 Å². The van der Waals surface area contributed by atoms with Crippen molar-refractivity contribution in [1.82, 2.24) is 9.88 Å². The number of rotatable bonds is 6. The van der Waals surface area contributed by atoms with Crippen molar-refractivity contribution >= 4 is 39.1 Å². The van der Waals surface area contributed by atoms with Gasteiger partial charge in [-0.05, 0) is 30.2 Å². The fourth-order valence-corrected chi connectivity index (χ4v) is 4.17. The molecule has 178 valence electrons. The second-order valence-electron chi connectivity index (χ2n) is 7.53. The maximum Gasteiger partial charge on any atom is 0.416 e. The van der Waals surface area contributed by atoms with Crippen LogP contribution in [0.1, 0.15) is 17.5 Å². The summed E-state index contributed by atoms with van der Waals surface area (Å²) < 4.78 is 76.2. The van der Waals surface area contributed by atoms with Gasteiger partial charge in [0.05, 0.1) is 16.3 Å². The molecule has 2 amide bonds. The van der Waals surface area contributed by atoms with E-state index in [4.69, 9.17) is 11.6 Å². The number of hydrogen-bond acceptors (Lipinski definition) is 5. The zero-order valence-corrected chi connectivity index (χ0v) is 18.7. The van der Waals surface area contributed by atoms with Crippen LogP contribution in [0.25, 0.3) is 0 Å². The lowest BCUT2D eigenvalue weighted by Gasteiger charge is -2.40. The first kappa shape index (κ1) is 24.9. The van der Waals surface area contributed by atoms with Gasteiger partial charge in [0.2, 0.25) is 5.91 Å². The number of amides is 2. The molecular formula is C20H18ClF4N3O4S. The molecule has 0 N–H and O–H groups in total. The van der Waals surface area contributed by atoms with Gasteiger partial charge in [-0.1, -0.05) is 23.7 Å². The van der Waals surface area contributed by atoms with E-state index in [9.17, 15) is 35.6 Å². The number of piperazine rings is 1. The van der Waals surface area contributed by atoms with E-state index in [0.717, 1.165) is 40.5 Å². The van der Waals surface area contributed by atoms with E-state index in [2.05, 4.69) is 4.98 Å². The predicted octanol–water partition coefficient (Wildman–Crippen LogP) is 3.07. The van der Waals surface area contributed by atoms with Crippen LogP contribution >= 0.6 is 11.6 Å². The molecule has 0 aliphatic carbocycles. The Bertz CT molecular complexity index is 1170. The Hall–Kier alpha value is -2.73. The third-order valence-electron chi connectivity index (χ3n) is 4.98. The van der Waals surface area contributed by atoms with Gasteiger partial charge in [-0.25, -0.2) is 17.8 Å². The Morgan fingerprint density at radius 2 is 1.82 bits per heavy atom. The summed E-state index contributed by atoms with van der Waals surface area (Å²) in [4.78, 5) is 31.7. The molecule has 7 nitrogen and oxygen atoms in total. The van der Waals surface area contributed by atoms with Crippen LogP contribution in [0.5, 0.6) is 0 Å². The third kappa shape index (κ3) is 5.99. The van der Waals surface area contributed by atoms with Crippen molar-refractivity contribution in [2.24, 2.45) is 0 Å². The van der Waals surface area contributed by atoms with Crippen LogP contribution in [-0.2, 0) is 32.1 Å². The second kappa shape index (κ2) is 9.26. The van der Waals surface area contributed by atoms with Crippen LogP contribution in [0.15, 0.2) is 36.5 Å². The largest absolute Gasteiger partial charge is 0.416 e. The minimum atomic E-state index is -4.54. The molecule has 1 atom stereocenters. The molecule has 0 spiro atoms. The van der Waals surface area contributed by atoms with E-state index in [1.54, 1.807) is 0 Å². The Balaban J connectivity index is 1.92. The number of hydrogen-bond donors (Lipinski definition) is 0. The average Bonchev–Trinajstić information content (AvgIpc) is 2.69. The van der Waals surface area contributed by atoms with Crippen molar-refractivity contribution in [3.8, 4) is 0 Å². The summed E-state index contributed by atoms with van der Waals surface area (Å²) in [5.74, 6) is -3.23. The second-order valence-corrected chi connectivity index (χ2v) is 10.2. The SMILES string of the molecule is CS(=O)(=O)CCC1C(=O)N(c2ncc(Cl)cc2F)CC(=O)N1Cc1ccc(C(F)(F)F)cc1. The highest BCUT2D eigenvalue weighted by atomic mass is 35.5. The number of nitrogens with zero attached hydrogens (tertiary/aromatic N) is 3. The zero-order valence-electron chi connectivity index (χ0n) is 17.1. The molecule has 2 aromatic rings. The molecule has 1 aliphatic heterocycles. The molecule has 13 heteroatoms. The smallest absolute Gasteiger partial charge is 0.325 e. The van der Waals surface area contributed by atoms with E-state index < -0.39 is 63.4 Å². The maximum atomic E-state index is 14.4. The standard InChI is InChI=1S/C20H18ClF4N3O4S/c1-33(31,32)7-6-16-19(30)28(18-15(22)8-14(21)9-26-18)11-17(29)27(16)10-12-2-4-13(5-3-12)20(23,24)25/h2-5,8-9,16H,6-7,10-11H2,1H3. The normalized spacial score (nSPS) is 17.6. The van der Waals surface area contributed by atoms with Crippen molar-refractivity contribution in [1.29, 1.82) is 0 Å². The lowest BCUT2D eigenvalue weighted by atomic mass is 10.0. The highest BCUT2D eigenvalue weighted by Gasteiger charge is 2.41. The molecule has 0 saturated carbocycles. The Labute approximate surface area is 191 Å². The van der Waals surface area contributed by atoms with Gasteiger partial charge in [0, 0.05) is 19.0 Å². The summed E-state index contributed by atoms with van der Waals surface area (Å²) in [6.45, 7) is -0.818. The number of carbonyl (C=O) groups is 2. The molecule has 2 heterocycles. The highest BCUT2D eigenvalue weighted by Crippen LogP contribution is 2.30. The summed E-state index contributed by atoms with van der Waals surface area (Å²) >= 11 is 5.68. The first-order valence-electron chi connectivity index (χ1n) is 9.52. The molecule has 0 bridgehead atoms. The molecule has 0 radical (unpaired) electrons. The van der Waals surface area contributed by atoms with Crippen molar-refractivity contribution < 1.29 is 35.6 Å². The first-order valence-corrected chi connectivity index (χ1v) is 12.0. The lowest BCUT2D eigenvalue weighted by Crippen LogP contribution is -2.60. The van der Waals surface area contributed by atoms with Crippen LogP contribution in [-0.4, -0.2) is 54.7 Å². The number of carbonyl (C=O) groups excluding carboxylic acids is 2. The molecule has 1 aromatic heterocycles. The molecule has 1 saturated heterocycles. The van der Waals surface area contributed by atoms with Crippen LogP contribution < -0.4 is 4.90 Å². The van der Waals surface area contributed by atoms with E-state index >= 15 is 0 Å². The summed E-state index contributed by atoms with van der Waals surface area (Å²) in [5, 5.41) is -0.0235. The molecular weight excluding hydrogens is 490 g/mol. The van der Waals surface area contributed by atoms with Crippen molar-refractivity contribution in [2.45, 2.75) is 25.2 Å². The topological polar surface area (TPSA) is 87.6 Å². The van der Waals surface area contributed by atoms with Crippen LogP contribution in [0.4, 0.5) is 23.4 Å². The monoisotopic (exact) mass is 507 g/mol. The van der Waals surface area contributed by atoms with Gasteiger partial charge in [0.25, 0.3) is 5.91 Å². The minimum Gasteiger partial charge on any atom is -0.325 e.